The number of fused-ring (bicyclic) bond motifs is 4. The molecule has 0 atom stereocenters. The summed E-state index contributed by atoms with van der Waals surface area (Å²) in [5.74, 6) is 1.39. The Morgan fingerprint density at radius 2 is 0.957 bits per heavy atom. The number of nitrogens with zero attached hydrogens (tertiary/aromatic N) is 4. The van der Waals surface area contributed by atoms with Crippen molar-refractivity contribution in [1.29, 1.82) is 0 Å². The van der Waals surface area contributed by atoms with Crippen LogP contribution in [0.25, 0.3) is 83.4 Å². The van der Waals surface area contributed by atoms with Crippen molar-refractivity contribution < 1.29 is 34.5 Å². The van der Waals surface area contributed by atoms with Gasteiger partial charge < -0.3 is 13.9 Å². The second-order valence-electron chi connectivity index (χ2n) is 27.1. The van der Waals surface area contributed by atoms with Crippen LogP contribution in [0.4, 0.5) is 0 Å². The fourth-order valence-electron chi connectivity index (χ4n) is 13.1. The van der Waals surface area contributed by atoms with Gasteiger partial charge in [0.05, 0.1) is 16.7 Å². The summed E-state index contributed by atoms with van der Waals surface area (Å²) in [6.45, 7) is 18.0. The van der Waals surface area contributed by atoms with Crippen LogP contribution in [-0.4, -0.2) is 22.2 Å². The minimum Gasteiger partial charge on any atom is -0.510 e. The summed E-state index contributed by atoms with van der Waals surface area (Å²) < 4.78 is 40.9. The smallest absolute Gasteiger partial charge is 0.268 e. The molecule has 0 fully saturated rings. The number of aryl methyl sites for hydroxylation is 1. The monoisotopic (exact) mass is 1390 g/mol. The SMILES string of the molecule is [2H]C([2H])([2H])c1cc(-n2c3[c-]c(Oc4[c-]c(-n5[c-][n+](-c6cc(-c7ccccc7)cc(-c7ccccc7)c6)c6ccccc65)ccc4)ccc3c3ccccc32)ncc1-c1cccc([Si](c2cccc(C(C)(C)C)c2)(c2cccc(C(C)(C)C)c2)c2cccc(C(C)(C)C)c2)c1.[Pt]. The number of aromatic nitrogens is 4. The maximum atomic E-state index is 9.32. The van der Waals surface area contributed by atoms with E-state index in [9.17, 15) is 4.11 Å². The molecule has 0 bridgehead atoms. The van der Waals surface area contributed by atoms with Crippen molar-refractivity contribution in [2.75, 3.05) is 0 Å². The molecule has 14 aromatic rings. The Kier molecular flexibility index (Phi) is 15.2. The van der Waals surface area contributed by atoms with Gasteiger partial charge in [-0.15, -0.1) is 29.7 Å². The Labute approximate surface area is 561 Å². The first-order chi connectivity index (χ1) is 45.1. The van der Waals surface area contributed by atoms with Gasteiger partial charge in [0.2, 0.25) is 0 Å². The molecule has 0 saturated carbocycles. The molecule has 0 radical (unpaired) electrons. The first kappa shape index (κ1) is 57.7. The van der Waals surface area contributed by atoms with Crippen molar-refractivity contribution in [3.05, 3.63) is 308 Å². The molecule has 92 heavy (non-hydrogen) atoms. The number of rotatable bonds is 12. The average molecular weight is 1390 g/mol. The number of pyridine rings is 1. The number of imidazole rings is 1. The van der Waals surface area contributed by atoms with E-state index in [-0.39, 0.29) is 42.9 Å². The summed E-state index contributed by atoms with van der Waals surface area (Å²) in [5.41, 5.74) is 14.6. The average Bonchev–Trinajstić information content (AvgIpc) is 0.973. The fourth-order valence-corrected chi connectivity index (χ4v) is 17.9. The molecule has 0 aliphatic rings. The van der Waals surface area contributed by atoms with Gasteiger partial charge >= 0.3 is 0 Å². The van der Waals surface area contributed by atoms with Crippen LogP contribution in [0.1, 0.15) is 88.7 Å². The third-order valence-electron chi connectivity index (χ3n) is 17.9. The first-order valence-electron chi connectivity index (χ1n) is 32.9. The minimum atomic E-state index is -3.26. The summed E-state index contributed by atoms with van der Waals surface area (Å²) >= 11 is 0. The molecule has 3 aromatic heterocycles. The molecule has 0 spiro atoms. The molecular formula is C85H74N4OPtSi-2. The molecule has 0 aliphatic heterocycles. The van der Waals surface area contributed by atoms with E-state index in [4.69, 9.17) is 9.72 Å². The van der Waals surface area contributed by atoms with Crippen molar-refractivity contribution in [3.63, 3.8) is 0 Å². The van der Waals surface area contributed by atoms with Gasteiger partial charge in [-0.2, -0.15) is 18.2 Å². The van der Waals surface area contributed by atoms with Gasteiger partial charge in [-0.25, -0.2) is 4.98 Å². The van der Waals surface area contributed by atoms with E-state index in [1.807, 2.05) is 81.9 Å². The van der Waals surface area contributed by atoms with Gasteiger partial charge in [-0.1, -0.05) is 268 Å². The summed E-state index contributed by atoms with van der Waals surface area (Å²) in [7, 11) is -3.26. The molecule has 0 N–H and O–H groups in total. The minimum absolute atomic E-state index is 0. The van der Waals surface area contributed by atoms with Gasteiger partial charge in [0, 0.05) is 54.0 Å². The van der Waals surface area contributed by atoms with E-state index < -0.39 is 14.9 Å². The topological polar surface area (TPSA) is 35.9 Å². The first-order valence-corrected chi connectivity index (χ1v) is 33.4. The number of benzene rings is 11. The summed E-state index contributed by atoms with van der Waals surface area (Å²) in [5, 5.41) is 6.82. The van der Waals surface area contributed by atoms with Crippen LogP contribution >= 0.6 is 0 Å². The second-order valence-corrected chi connectivity index (χ2v) is 30.9. The molecule has 456 valence electrons. The van der Waals surface area contributed by atoms with Crippen LogP contribution in [0, 0.1) is 25.3 Å². The van der Waals surface area contributed by atoms with Gasteiger partial charge in [-0.05, 0) is 135 Å². The molecule has 0 unspecified atom stereocenters. The van der Waals surface area contributed by atoms with Gasteiger partial charge in [0.25, 0.3) is 6.33 Å². The summed E-state index contributed by atoms with van der Waals surface area (Å²) in [6, 6.07) is 99.3. The summed E-state index contributed by atoms with van der Waals surface area (Å²) in [4.78, 5) is 5.25. The van der Waals surface area contributed by atoms with E-state index in [0.29, 0.717) is 28.4 Å². The van der Waals surface area contributed by atoms with E-state index in [1.54, 1.807) is 12.3 Å². The maximum absolute atomic E-state index is 9.32. The van der Waals surface area contributed by atoms with Crippen LogP contribution in [0.5, 0.6) is 11.5 Å². The Morgan fingerprint density at radius 3 is 1.54 bits per heavy atom. The van der Waals surface area contributed by atoms with Crippen molar-refractivity contribution in [2.24, 2.45) is 0 Å². The van der Waals surface area contributed by atoms with E-state index in [0.717, 1.165) is 71.7 Å². The molecule has 0 amide bonds. The van der Waals surface area contributed by atoms with Crippen LogP contribution in [0.15, 0.2) is 267 Å². The molecule has 11 aromatic carbocycles. The molecule has 0 saturated heterocycles. The third kappa shape index (κ3) is 11.5. The molecule has 3 heterocycles. The Bertz CT molecular complexity index is 4990. The number of hydrogen-bond acceptors (Lipinski definition) is 2. The largest absolute Gasteiger partial charge is 0.510 e. The molecule has 0 aliphatic carbocycles. The third-order valence-corrected chi connectivity index (χ3v) is 22.6. The summed E-state index contributed by atoms with van der Waals surface area (Å²) in [6.07, 6.45) is 5.46. The Balaban J connectivity index is 0.00000818. The quantitative estimate of drug-likeness (QED) is 0.0529. The second kappa shape index (κ2) is 24.3. The zero-order valence-electron chi connectivity index (χ0n) is 56.4. The van der Waals surface area contributed by atoms with E-state index in [2.05, 4.69) is 267 Å². The van der Waals surface area contributed by atoms with Crippen molar-refractivity contribution >= 4 is 61.7 Å². The standard InChI is InChI=1S/C85H74N4OSi.Pt/c1-58-46-82(86-56-77(58)61-30-21-36-71(50-61)91(72-37-22-31-64(51-72)83(2,3)4,73-38-23-32-65(52-73)84(5,6)7)74-39-24-33-66(53-74)85(8,9)10)89-78-41-18-17-40-75(78)76-45-44-70(55-81(76)89)90-69-35-25-34-67(54-69)87-57-88(80-43-20-19-42-79(80)87)68-48-62(59-26-13-11-14-27-59)47-63(49-68)60-28-15-12-16-29-60;/h11-53,56H,1-10H3;/q-2;/i1D3;. The van der Waals surface area contributed by atoms with Crippen LogP contribution in [0.3, 0.4) is 0 Å². The van der Waals surface area contributed by atoms with Crippen molar-refractivity contribution in [1.82, 2.24) is 14.1 Å². The van der Waals surface area contributed by atoms with Gasteiger partial charge in [0.1, 0.15) is 5.82 Å². The van der Waals surface area contributed by atoms with E-state index >= 15 is 0 Å². The molecule has 5 nitrogen and oxygen atoms in total. The molecule has 7 heteroatoms. The maximum Gasteiger partial charge on any atom is 0.268 e. The van der Waals surface area contributed by atoms with Crippen LogP contribution in [0.2, 0.25) is 0 Å². The zero-order valence-corrected chi connectivity index (χ0v) is 56.7. The number of ether oxygens (including phenoxy) is 1. The van der Waals surface area contributed by atoms with Crippen LogP contribution in [-0.2, 0) is 37.3 Å². The fraction of sp³-hybridized carbons (Fsp3) is 0.153. The van der Waals surface area contributed by atoms with Crippen molar-refractivity contribution in [2.45, 2.75) is 85.4 Å². The normalized spacial score (nSPS) is 12.8. The molecule has 14 rings (SSSR count). The van der Waals surface area contributed by atoms with Crippen molar-refractivity contribution in [3.8, 4) is 62.1 Å². The van der Waals surface area contributed by atoms with Crippen LogP contribution < -0.4 is 30.1 Å². The Morgan fingerprint density at radius 1 is 0.446 bits per heavy atom. The molecular weight excluding hydrogens is 1320 g/mol. The number of para-hydroxylation sites is 3. The van der Waals surface area contributed by atoms with Gasteiger partial charge in [-0.3, -0.25) is 4.57 Å². The zero-order chi connectivity index (χ0) is 65.3. The van der Waals surface area contributed by atoms with Gasteiger partial charge in [0.15, 0.2) is 8.07 Å². The number of hydrogen-bond donors (Lipinski definition) is 0. The predicted octanol–water partition coefficient (Wildman–Crippen LogP) is 18.2. The predicted molar refractivity (Wildman–Crippen MR) is 381 cm³/mol. The van der Waals surface area contributed by atoms with E-state index in [1.165, 1.54) is 32.3 Å². The Hall–Kier alpha value is -9.45.